The van der Waals surface area contributed by atoms with Crippen LogP contribution in [0.5, 0.6) is 0 Å². The molecule has 6 aliphatic rings. The quantitative estimate of drug-likeness (QED) is 0.132. The molecule has 0 bridgehead atoms. The summed E-state index contributed by atoms with van der Waals surface area (Å²) in [6.07, 6.45) is 2.05. The zero-order valence-electron chi connectivity index (χ0n) is 34.9. The van der Waals surface area contributed by atoms with Crippen LogP contribution >= 0.6 is 15.9 Å². The normalized spacial score (nSPS) is 37.5. The second kappa shape index (κ2) is 18.0. The lowest BCUT2D eigenvalue weighted by molar-refractivity contribution is -0.235. The maximum atomic E-state index is 17.7. The van der Waals surface area contributed by atoms with Gasteiger partial charge in [-0.25, -0.2) is 8.78 Å². The molecule has 5 aliphatic carbocycles. The second-order valence-electron chi connectivity index (χ2n) is 18.5. The molecule has 1 aromatic rings. The van der Waals surface area contributed by atoms with Crippen molar-refractivity contribution in [3.63, 3.8) is 0 Å². The van der Waals surface area contributed by atoms with Crippen LogP contribution in [0, 0.1) is 28.6 Å². The van der Waals surface area contributed by atoms with Gasteiger partial charge in [0.05, 0.1) is 36.7 Å². The highest BCUT2D eigenvalue weighted by molar-refractivity contribution is 9.09. The number of aliphatic hydroxyl groups is 2. The van der Waals surface area contributed by atoms with Crippen LogP contribution in [0.4, 0.5) is 8.78 Å². The molecule has 1 aromatic carbocycles. The summed E-state index contributed by atoms with van der Waals surface area (Å²) in [6.45, 7) is 2.03. The molecule has 0 unspecified atom stereocenters. The Labute approximate surface area is 367 Å². The number of aliphatic carboxylic acids is 1. The van der Waals surface area contributed by atoms with Crippen molar-refractivity contribution in [1.29, 1.82) is 0 Å². The van der Waals surface area contributed by atoms with Crippen LogP contribution in [0.3, 0.4) is 0 Å². The summed E-state index contributed by atoms with van der Waals surface area (Å²) < 4.78 is 46.8. The summed E-state index contributed by atoms with van der Waals surface area (Å²) in [5.41, 5.74) is -5.13. The zero-order chi connectivity index (χ0) is 44.8. The number of allylic oxidation sites excluding steroid dienone is 4. The number of aliphatic hydroxyl groups excluding tert-OH is 2. The van der Waals surface area contributed by atoms with E-state index in [1.165, 1.54) is 19.1 Å². The fourth-order valence-corrected chi connectivity index (χ4v) is 12.0. The summed E-state index contributed by atoms with van der Waals surface area (Å²) in [5, 5.41) is 39.5. The standard InChI is InChI=1S/C45H56BrF2N3O11/c1-42-14-13-28(53)16-31(42)32(47)17-30-29-18-37-45(36(56)23-52,43(29,2)19-35(55)44(30,42)48)62-41(61-37)26-7-3-24(4-8-26)15-25-5-9-27(10-6-25)49-21-34(54)33(11-12-40(59)60)51-39(58)22-50-38(57)20-46/h3-4,7-8,13-14,16,25,27,29-30,32-33,35,37,41,49,52,55H,5-6,9-12,15,17-23H2,1-2H3,(H,50,57)(H,51,58)(H,59,60)/t25?,27?,29-,30-,32-,33-,35-,37+,41+,42-,43-,44-,45+/m0/s1. The van der Waals surface area contributed by atoms with Crippen molar-refractivity contribution in [2.45, 2.75) is 126 Å². The van der Waals surface area contributed by atoms with Gasteiger partial charge in [0.25, 0.3) is 0 Å². The van der Waals surface area contributed by atoms with Crippen LogP contribution in [0.2, 0.25) is 0 Å². The van der Waals surface area contributed by atoms with Crippen LogP contribution in [-0.2, 0) is 44.7 Å². The molecule has 5 fully saturated rings. The first-order chi connectivity index (χ1) is 29.4. The Morgan fingerprint density at radius 2 is 1.71 bits per heavy atom. The zero-order valence-corrected chi connectivity index (χ0v) is 36.5. The molecule has 0 radical (unpaired) electrons. The van der Waals surface area contributed by atoms with E-state index in [0.29, 0.717) is 11.5 Å². The molecule has 2 amide bonds. The minimum atomic E-state index is -2.33. The molecule has 6 N–H and O–H groups in total. The van der Waals surface area contributed by atoms with E-state index < -0.39 is 101 Å². The number of carboxylic acids is 1. The highest BCUT2D eigenvalue weighted by atomic mass is 79.9. The Kier molecular flexibility index (Phi) is 13.5. The molecule has 1 heterocycles. The van der Waals surface area contributed by atoms with Gasteiger partial charge in [0, 0.05) is 34.8 Å². The van der Waals surface area contributed by atoms with Gasteiger partial charge >= 0.3 is 5.97 Å². The fourth-order valence-electron chi connectivity index (χ4n) is 11.9. The second-order valence-corrected chi connectivity index (χ2v) is 19.0. The van der Waals surface area contributed by atoms with Crippen molar-refractivity contribution in [2.24, 2.45) is 28.6 Å². The van der Waals surface area contributed by atoms with E-state index in [1.807, 2.05) is 24.3 Å². The van der Waals surface area contributed by atoms with Crippen molar-refractivity contribution in [2.75, 3.05) is 25.0 Å². The number of rotatable bonds is 16. The van der Waals surface area contributed by atoms with E-state index in [4.69, 9.17) is 14.6 Å². The number of carbonyl (C=O) groups excluding carboxylic acids is 5. The summed E-state index contributed by atoms with van der Waals surface area (Å²) in [4.78, 5) is 74.2. The van der Waals surface area contributed by atoms with Crippen LogP contribution in [0.15, 0.2) is 48.1 Å². The number of alkyl halides is 3. The van der Waals surface area contributed by atoms with Crippen LogP contribution in [0.25, 0.3) is 0 Å². The van der Waals surface area contributed by atoms with Gasteiger partial charge in [-0.05, 0) is 99.8 Å². The van der Waals surface area contributed by atoms with E-state index in [1.54, 1.807) is 6.92 Å². The van der Waals surface area contributed by atoms with Crippen molar-refractivity contribution < 1.29 is 62.3 Å². The summed E-state index contributed by atoms with van der Waals surface area (Å²) >= 11 is 2.99. The van der Waals surface area contributed by atoms with Crippen molar-refractivity contribution >= 4 is 51.1 Å². The molecular weight excluding hydrogens is 876 g/mol. The number of fused-ring (bicyclic) bond motifs is 7. The van der Waals surface area contributed by atoms with Gasteiger partial charge < -0.3 is 40.7 Å². The average Bonchev–Trinajstić information content (AvgIpc) is 3.75. The molecule has 17 heteroatoms. The van der Waals surface area contributed by atoms with Crippen LogP contribution in [0.1, 0.15) is 89.1 Å². The number of amides is 2. The lowest BCUT2D eigenvalue weighted by Gasteiger charge is -2.63. The molecule has 338 valence electrons. The molecule has 62 heavy (non-hydrogen) atoms. The molecule has 0 spiro atoms. The van der Waals surface area contributed by atoms with Gasteiger partial charge in [-0.15, -0.1) is 0 Å². The third-order valence-electron chi connectivity index (χ3n) is 15.1. The van der Waals surface area contributed by atoms with Crippen molar-refractivity contribution in [3.05, 3.63) is 59.2 Å². The number of halogens is 3. The third-order valence-corrected chi connectivity index (χ3v) is 15.6. The fraction of sp³-hybridized carbons (Fsp3) is 0.644. The largest absolute Gasteiger partial charge is 0.481 e. The monoisotopic (exact) mass is 931 g/mol. The minimum Gasteiger partial charge on any atom is -0.481 e. The smallest absolute Gasteiger partial charge is 0.303 e. The number of Topliss-reactive ketones (excluding diaryl/α,β-unsaturated/α-hetero) is 2. The highest BCUT2D eigenvalue weighted by Gasteiger charge is 2.80. The third kappa shape index (κ3) is 8.14. The molecular formula is C45H56BrF2N3O11. The Morgan fingerprint density at radius 1 is 1.00 bits per heavy atom. The van der Waals surface area contributed by atoms with Crippen LogP contribution < -0.4 is 16.0 Å². The maximum Gasteiger partial charge on any atom is 0.303 e. The van der Waals surface area contributed by atoms with Gasteiger partial charge in [-0.1, -0.05) is 53.2 Å². The maximum absolute atomic E-state index is 17.7. The first-order valence-electron chi connectivity index (χ1n) is 21.5. The number of benzene rings is 1. The van der Waals surface area contributed by atoms with Gasteiger partial charge in [0.1, 0.15) is 12.8 Å². The minimum absolute atomic E-state index is 0.0114. The SMILES string of the molecule is C[C@]12C=CC(=O)C=C1[C@@H](F)C[C@H]1[C@@H]3C[C@H]4O[C@@H](c5ccc(CC6CCC(NCC(=O)[C@H](CCC(=O)O)NC(=O)CNC(=O)CBr)CC6)cc5)O[C@@]4(C(=O)CO)[C@@]3(C)C[C@H](O)[C@@]12F. The summed E-state index contributed by atoms with van der Waals surface area (Å²) in [5.74, 6) is -4.81. The van der Waals surface area contributed by atoms with E-state index in [2.05, 4.69) is 31.9 Å². The Bertz CT molecular complexity index is 2010. The molecule has 0 aromatic heterocycles. The predicted octanol–water partition coefficient (Wildman–Crippen LogP) is 3.45. The van der Waals surface area contributed by atoms with E-state index in [-0.39, 0.29) is 67.9 Å². The van der Waals surface area contributed by atoms with E-state index in [0.717, 1.165) is 43.7 Å². The number of ether oxygens (including phenoxy) is 2. The number of carbonyl (C=O) groups is 6. The number of carboxylic acid groups (broad SMARTS) is 1. The summed E-state index contributed by atoms with van der Waals surface area (Å²) in [7, 11) is 0. The van der Waals surface area contributed by atoms with Gasteiger partial charge in [-0.2, -0.15) is 0 Å². The molecule has 1 aliphatic heterocycles. The van der Waals surface area contributed by atoms with Gasteiger partial charge in [0.15, 0.2) is 34.9 Å². The van der Waals surface area contributed by atoms with Crippen molar-refractivity contribution in [1.82, 2.24) is 16.0 Å². The number of ketones is 3. The van der Waals surface area contributed by atoms with Gasteiger partial charge in [0.2, 0.25) is 11.8 Å². The Morgan fingerprint density at radius 3 is 2.37 bits per heavy atom. The number of hydrogen-bond donors (Lipinski definition) is 6. The topological polar surface area (TPSA) is 218 Å². The molecule has 1 saturated heterocycles. The Balaban J connectivity index is 0.951. The number of nitrogens with one attached hydrogen (secondary N) is 3. The first-order valence-corrected chi connectivity index (χ1v) is 22.6. The molecule has 7 rings (SSSR count). The van der Waals surface area contributed by atoms with Crippen molar-refractivity contribution in [3.8, 4) is 0 Å². The van der Waals surface area contributed by atoms with E-state index >= 15 is 8.78 Å². The highest BCUT2D eigenvalue weighted by Crippen LogP contribution is 2.72. The number of hydrogen-bond acceptors (Lipinski definition) is 11. The molecule has 14 nitrogen and oxygen atoms in total. The molecule has 11 atom stereocenters. The van der Waals surface area contributed by atoms with Gasteiger partial charge in [-0.3, -0.25) is 28.8 Å². The lowest BCUT2D eigenvalue weighted by Crippen LogP contribution is -2.70. The first kappa shape index (κ1) is 46.3. The average molecular weight is 933 g/mol. The Hall–Kier alpha value is -3.74. The molecule has 4 saturated carbocycles. The summed E-state index contributed by atoms with van der Waals surface area (Å²) in [6, 6.07) is 6.74. The van der Waals surface area contributed by atoms with E-state index in [9.17, 15) is 39.0 Å². The predicted molar refractivity (Wildman–Crippen MR) is 222 cm³/mol. The lowest BCUT2D eigenvalue weighted by atomic mass is 9.44. The van der Waals surface area contributed by atoms with Crippen LogP contribution in [-0.4, -0.2) is 117 Å².